The minimum absolute atomic E-state index is 0.156. The van der Waals surface area contributed by atoms with Gasteiger partial charge >= 0.3 is 6.18 Å². The first-order valence-electron chi connectivity index (χ1n) is 6.79. The molecule has 5 heteroatoms. The van der Waals surface area contributed by atoms with Crippen molar-refractivity contribution in [2.24, 2.45) is 0 Å². The van der Waals surface area contributed by atoms with Gasteiger partial charge < -0.3 is 0 Å². The Hall–Kier alpha value is -0.970. The predicted molar refractivity (Wildman–Crippen MR) is 75.1 cm³/mol. The number of hydrogen-bond acceptors (Lipinski definition) is 2. The lowest BCUT2D eigenvalue weighted by Crippen LogP contribution is -2.13. The topological polar surface area (TPSA) is 17.1 Å². The average molecular weight is 302 g/mol. The summed E-state index contributed by atoms with van der Waals surface area (Å²) in [6, 6.07) is 4.69. The van der Waals surface area contributed by atoms with Crippen LogP contribution in [-0.2, 0) is 6.18 Å². The van der Waals surface area contributed by atoms with Crippen LogP contribution in [0.1, 0.15) is 48.0 Å². The molecule has 0 spiro atoms. The van der Waals surface area contributed by atoms with Gasteiger partial charge in [0.15, 0.2) is 5.78 Å². The van der Waals surface area contributed by atoms with Crippen molar-refractivity contribution < 1.29 is 18.0 Å². The molecular weight excluding hydrogens is 285 g/mol. The summed E-state index contributed by atoms with van der Waals surface area (Å²) in [5, 5.41) is 0.485. The van der Waals surface area contributed by atoms with E-state index >= 15 is 0 Å². The minimum atomic E-state index is -4.40. The van der Waals surface area contributed by atoms with Gasteiger partial charge in [-0.3, -0.25) is 4.79 Å². The van der Waals surface area contributed by atoms with Crippen molar-refractivity contribution in [1.29, 1.82) is 0 Å². The van der Waals surface area contributed by atoms with Gasteiger partial charge in [-0.1, -0.05) is 31.4 Å². The van der Waals surface area contributed by atoms with E-state index in [9.17, 15) is 18.0 Å². The number of Topliss-reactive ketones (excluding diaryl/α,β-unsaturated/α-hetero) is 1. The van der Waals surface area contributed by atoms with Crippen LogP contribution in [0.2, 0.25) is 0 Å². The third-order valence-corrected chi connectivity index (χ3v) is 4.89. The Kier molecular flexibility index (Phi) is 5.13. The highest BCUT2D eigenvalue weighted by atomic mass is 32.2. The smallest absolute Gasteiger partial charge is 0.293 e. The maximum Gasteiger partial charge on any atom is 0.416 e. The second-order valence-corrected chi connectivity index (χ2v) is 6.36. The Balaban J connectivity index is 1.95. The Morgan fingerprint density at radius 1 is 1.20 bits per heavy atom. The zero-order valence-corrected chi connectivity index (χ0v) is 11.9. The first kappa shape index (κ1) is 15.4. The van der Waals surface area contributed by atoms with Gasteiger partial charge in [0.05, 0.1) is 11.3 Å². The minimum Gasteiger partial charge on any atom is -0.293 e. The number of hydrogen-bond donors (Lipinski definition) is 0. The fraction of sp³-hybridized carbons (Fsp3) is 0.533. The highest BCUT2D eigenvalue weighted by Gasteiger charge is 2.30. The van der Waals surface area contributed by atoms with Crippen LogP contribution in [0, 0.1) is 0 Å². The van der Waals surface area contributed by atoms with Gasteiger partial charge in [-0.25, -0.2) is 0 Å². The number of benzene rings is 1. The lowest BCUT2D eigenvalue weighted by molar-refractivity contribution is -0.137. The van der Waals surface area contributed by atoms with E-state index in [2.05, 4.69) is 0 Å². The Morgan fingerprint density at radius 2 is 1.90 bits per heavy atom. The number of halogens is 3. The molecule has 0 N–H and O–H groups in total. The molecule has 110 valence electrons. The maximum atomic E-state index is 12.6. The van der Waals surface area contributed by atoms with Crippen LogP contribution >= 0.6 is 11.8 Å². The van der Waals surface area contributed by atoms with E-state index in [1.54, 1.807) is 11.8 Å². The Bertz CT molecular complexity index is 464. The van der Waals surface area contributed by atoms with Gasteiger partial charge in [0.2, 0.25) is 0 Å². The lowest BCUT2D eigenvalue weighted by atomic mass is 10.0. The summed E-state index contributed by atoms with van der Waals surface area (Å²) in [4.78, 5) is 12.0. The van der Waals surface area contributed by atoms with Crippen molar-refractivity contribution in [3.8, 4) is 0 Å². The SMILES string of the molecule is O=C(CSC1CCCCC1)c1cccc(C(F)(F)F)c1. The van der Waals surface area contributed by atoms with Gasteiger partial charge in [0.25, 0.3) is 0 Å². The molecule has 1 aliphatic carbocycles. The van der Waals surface area contributed by atoms with Crippen LogP contribution in [0.5, 0.6) is 0 Å². The Morgan fingerprint density at radius 3 is 2.55 bits per heavy atom. The zero-order valence-electron chi connectivity index (χ0n) is 11.1. The third kappa shape index (κ3) is 4.27. The van der Waals surface area contributed by atoms with Crippen molar-refractivity contribution in [2.45, 2.75) is 43.5 Å². The summed E-state index contributed by atoms with van der Waals surface area (Å²) >= 11 is 1.58. The summed E-state index contributed by atoms with van der Waals surface area (Å²) in [6.07, 6.45) is 1.46. The molecule has 1 nitrogen and oxygen atoms in total. The van der Waals surface area contributed by atoms with E-state index < -0.39 is 11.7 Å². The van der Waals surface area contributed by atoms with Crippen LogP contribution in [0.15, 0.2) is 24.3 Å². The summed E-state index contributed by atoms with van der Waals surface area (Å²) in [5.74, 6) is 0.0538. The van der Waals surface area contributed by atoms with Crippen LogP contribution in [0.25, 0.3) is 0 Å². The van der Waals surface area contributed by atoms with E-state index in [0.717, 1.165) is 25.0 Å². The van der Waals surface area contributed by atoms with Crippen LogP contribution in [0.3, 0.4) is 0 Å². The van der Waals surface area contributed by atoms with E-state index in [4.69, 9.17) is 0 Å². The van der Waals surface area contributed by atoms with Crippen LogP contribution in [0.4, 0.5) is 13.2 Å². The molecule has 0 radical (unpaired) electrons. The van der Waals surface area contributed by atoms with Gasteiger partial charge in [0, 0.05) is 10.8 Å². The van der Waals surface area contributed by atoms with E-state index in [1.807, 2.05) is 0 Å². The molecule has 0 heterocycles. The quantitative estimate of drug-likeness (QED) is 0.732. The number of carbonyl (C=O) groups excluding carboxylic acids is 1. The van der Waals surface area contributed by atoms with Crippen molar-refractivity contribution in [2.75, 3.05) is 5.75 Å². The van der Waals surface area contributed by atoms with E-state index in [0.29, 0.717) is 5.25 Å². The molecule has 0 unspecified atom stereocenters. The second kappa shape index (κ2) is 6.66. The van der Waals surface area contributed by atoms with Crippen molar-refractivity contribution in [1.82, 2.24) is 0 Å². The Labute approximate surface area is 120 Å². The number of thioether (sulfide) groups is 1. The maximum absolute atomic E-state index is 12.6. The molecule has 0 bridgehead atoms. The van der Waals surface area contributed by atoms with Crippen molar-refractivity contribution in [3.63, 3.8) is 0 Å². The molecule has 0 aliphatic heterocycles. The first-order chi connectivity index (χ1) is 9.47. The van der Waals surface area contributed by atoms with E-state index in [1.165, 1.54) is 31.4 Å². The summed E-state index contributed by atoms with van der Waals surface area (Å²) in [7, 11) is 0. The summed E-state index contributed by atoms with van der Waals surface area (Å²) in [5.41, 5.74) is -0.603. The third-order valence-electron chi connectivity index (χ3n) is 3.51. The molecule has 0 aromatic heterocycles. The van der Waals surface area contributed by atoms with Crippen LogP contribution in [-0.4, -0.2) is 16.8 Å². The molecular formula is C15H17F3OS. The predicted octanol–water partition coefficient (Wildman–Crippen LogP) is 4.95. The lowest BCUT2D eigenvalue weighted by Gasteiger charge is -2.20. The number of carbonyl (C=O) groups is 1. The molecule has 20 heavy (non-hydrogen) atoms. The average Bonchev–Trinajstić information content (AvgIpc) is 2.45. The molecule has 2 rings (SSSR count). The molecule has 0 atom stereocenters. The molecule has 1 fully saturated rings. The van der Waals surface area contributed by atoms with Gasteiger partial charge in [-0.15, -0.1) is 0 Å². The fourth-order valence-electron chi connectivity index (χ4n) is 2.38. The van der Waals surface area contributed by atoms with Crippen LogP contribution < -0.4 is 0 Å². The molecule has 1 aromatic carbocycles. The summed E-state index contributed by atoms with van der Waals surface area (Å²) in [6.45, 7) is 0. The number of ketones is 1. The zero-order chi connectivity index (χ0) is 14.6. The molecule has 1 aliphatic rings. The van der Waals surface area contributed by atoms with Crippen molar-refractivity contribution in [3.05, 3.63) is 35.4 Å². The monoisotopic (exact) mass is 302 g/mol. The van der Waals surface area contributed by atoms with Gasteiger partial charge in [-0.2, -0.15) is 24.9 Å². The van der Waals surface area contributed by atoms with Gasteiger partial charge in [-0.05, 0) is 25.0 Å². The molecule has 1 aromatic rings. The first-order valence-corrected chi connectivity index (χ1v) is 7.84. The highest BCUT2D eigenvalue weighted by Crippen LogP contribution is 2.31. The van der Waals surface area contributed by atoms with E-state index in [-0.39, 0.29) is 17.1 Å². The largest absolute Gasteiger partial charge is 0.416 e. The molecule has 0 amide bonds. The highest BCUT2D eigenvalue weighted by molar-refractivity contribution is 8.00. The standard InChI is InChI=1S/C15H17F3OS/c16-15(17,18)12-6-4-5-11(9-12)14(19)10-20-13-7-2-1-3-8-13/h4-6,9,13H,1-3,7-8,10H2. The molecule has 1 saturated carbocycles. The number of alkyl halides is 3. The number of rotatable bonds is 4. The second-order valence-electron chi connectivity index (χ2n) is 5.07. The van der Waals surface area contributed by atoms with Crippen molar-refractivity contribution >= 4 is 17.5 Å². The normalized spacial score (nSPS) is 17.1. The summed E-state index contributed by atoms with van der Waals surface area (Å²) < 4.78 is 37.8. The molecule has 0 saturated heterocycles. The fourth-order valence-corrected chi connectivity index (χ4v) is 3.60. The van der Waals surface area contributed by atoms with Gasteiger partial charge in [0.1, 0.15) is 0 Å².